The van der Waals surface area contributed by atoms with Gasteiger partial charge >= 0.3 is 5.97 Å². The van der Waals surface area contributed by atoms with E-state index < -0.39 is 0 Å². The van der Waals surface area contributed by atoms with Gasteiger partial charge in [0.25, 0.3) is 0 Å². The molecule has 5 heteroatoms. The van der Waals surface area contributed by atoms with Gasteiger partial charge in [-0.3, -0.25) is 14.8 Å². The second-order valence-electron chi connectivity index (χ2n) is 3.15. The molecule has 0 saturated heterocycles. The predicted molar refractivity (Wildman–Crippen MR) is 55.1 cm³/mol. The lowest BCUT2D eigenvalue weighted by Crippen LogP contribution is -2.19. The predicted octanol–water partition coefficient (Wildman–Crippen LogP) is 0.438. The van der Waals surface area contributed by atoms with Crippen molar-refractivity contribution in [2.75, 3.05) is 13.7 Å². The SMILES string of the molecule is COC(=O)CCNCc1cnc(C)cn1. The highest BCUT2D eigenvalue weighted by Gasteiger charge is 1.99. The van der Waals surface area contributed by atoms with E-state index in [1.165, 1.54) is 7.11 Å². The Kier molecular flexibility index (Phi) is 4.70. The Morgan fingerprint density at radius 1 is 1.47 bits per heavy atom. The maximum Gasteiger partial charge on any atom is 0.306 e. The minimum Gasteiger partial charge on any atom is -0.469 e. The molecule has 0 aliphatic rings. The van der Waals surface area contributed by atoms with Crippen LogP contribution in [0.2, 0.25) is 0 Å². The van der Waals surface area contributed by atoms with Crippen LogP contribution < -0.4 is 5.32 Å². The van der Waals surface area contributed by atoms with E-state index in [2.05, 4.69) is 20.0 Å². The van der Waals surface area contributed by atoms with Gasteiger partial charge in [0.05, 0.1) is 24.9 Å². The monoisotopic (exact) mass is 209 g/mol. The third-order valence-electron chi connectivity index (χ3n) is 1.87. The highest BCUT2D eigenvalue weighted by molar-refractivity contribution is 5.69. The van der Waals surface area contributed by atoms with Crippen LogP contribution in [0.15, 0.2) is 12.4 Å². The summed E-state index contributed by atoms with van der Waals surface area (Å²) in [6, 6.07) is 0. The van der Waals surface area contributed by atoms with Crippen molar-refractivity contribution >= 4 is 5.97 Å². The molecular weight excluding hydrogens is 194 g/mol. The number of esters is 1. The number of methoxy groups -OCH3 is 1. The lowest BCUT2D eigenvalue weighted by molar-refractivity contribution is -0.140. The zero-order valence-electron chi connectivity index (χ0n) is 8.99. The van der Waals surface area contributed by atoms with Crippen molar-refractivity contribution in [3.05, 3.63) is 23.8 Å². The highest BCUT2D eigenvalue weighted by Crippen LogP contribution is 1.93. The summed E-state index contributed by atoms with van der Waals surface area (Å²) < 4.78 is 4.51. The maximum absolute atomic E-state index is 10.8. The third-order valence-corrected chi connectivity index (χ3v) is 1.87. The molecule has 82 valence electrons. The second kappa shape index (κ2) is 6.08. The van der Waals surface area contributed by atoms with E-state index in [4.69, 9.17) is 0 Å². The van der Waals surface area contributed by atoms with E-state index in [0.717, 1.165) is 11.4 Å². The number of nitrogens with zero attached hydrogens (tertiary/aromatic N) is 2. The van der Waals surface area contributed by atoms with Crippen molar-refractivity contribution in [2.24, 2.45) is 0 Å². The van der Waals surface area contributed by atoms with Gasteiger partial charge in [0, 0.05) is 25.5 Å². The van der Waals surface area contributed by atoms with Gasteiger partial charge in [-0.05, 0) is 6.92 Å². The van der Waals surface area contributed by atoms with E-state index in [-0.39, 0.29) is 5.97 Å². The number of aromatic nitrogens is 2. The Bertz CT molecular complexity index is 311. The van der Waals surface area contributed by atoms with Crippen molar-refractivity contribution in [1.29, 1.82) is 0 Å². The molecule has 1 aromatic rings. The number of hydrogen-bond acceptors (Lipinski definition) is 5. The molecule has 0 aliphatic carbocycles. The molecule has 0 radical (unpaired) electrons. The molecule has 0 atom stereocenters. The van der Waals surface area contributed by atoms with Crippen LogP contribution in [0.4, 0.5) is 0 Å². The van der Waals surface area contributed by atoms with Crippen molar-refractivity contribution < 1.29 is 9.53 Å². The van der Waals surface area contributed by atoms with E-state index in [0.29, 0.717) is 19.5 Å². The fourth-order valence-corrected chi connectivity index (χ4v) is 1.02. The largest absolute Gasteiger partial charge is 0.469 e. The zero-order chi connectivity index (χ0) is 11.1. The van der Waals surface area contributed by atoms with Crippen molar-refractivity contribution in [3.63, 3.8) is 0 Å². The number of nitrogens with one attached hydrogen (secondary N) is 1. The first-order chi connectivity index (χ1) is 7.22. The lowest BCUT2D eigenvalue weighted by Gasteiger charge is -2.03. The zero-order valence-corrected chi connectivity index (χ0v) is 8.99. The maximum atomic E-state index is 10.8. The van der Waals surface area contributed by atoms with Crippen LogP contribution >= 0.6 is 0 Å². The van der Waals surface area contributed by atoms with E-state index in [1.807, 2.05) is 6.92 Å². The van der Waals surface area contributed by atoms with E-state index >= 15 is 0 Å². The number of aryl methyl sites for hydroxylation is 1. The summed E-state index contributed by atoms with van der Waals surface area (Å²) >= 11 is 0. The minimum absolute atomic E-state index is 0.211. The highest BCUT2D eigenvalue weighted by atomic mass is 16.5. The lowest BCUT2D eigenvalue weighted by atomic mass is 10.4. The molecule has 0 aliphatic heterocycles. The summed E-state index contributed by atoms with van der Waals surface area (Å²) in [5, 5.41) is 3.08. The van der Waals surface area contributed by atoms with Crippen LogP contribution in [0.1, 0.15) is 17.8 Å². The molecular formula is C10H15N3O2. The number of carbonyl (C=O) groups excluding carboxylic acids is 1. The molecule has 1 N–H and O–H groups in total. The summed E-state index contributed by atoms with van der Waals surface area (Å²) in [5.41, 5.74) is 1.76. The molecule has 0 unspecified atom stereocenters. The van der Waals surface area contributed by atoms with Gasteiger partial charge in [-0.1, -0.05) is 0 Å². The molecule has 0 spiro atoms. The molecule has 0 bridgehead atoms. The molecule has 0 amide bonds. The first-order valence-electron chi connectivity index (χ1n) is 4.77. The Balaban J connectivity index is 2.20. The van der Waals surface area contributed by atoms with Crippen LogP contribution in [-0.2, 0) is 16.1 Å². The Morgan fingerprint density at radius 2 is 2.27 bits per heavy atom. The van der Waals surface area contributed by atoms with Gasteiger partial charge in [-0.25, -0.2) is 0 Å². The number of carbonyl (C=O) groups is 1. The van der Waals surface area contributed by atoms with Crippen molar-refractivity contribution in [3.8, 4) is 0 Å². The summed E-state index contributed by atoms with van der Waals surface area (Å²) in [7, 11) is 1.38. The number of ether oxygens (including phenoxy) is 1. The van der Waals surface area contributed by atoms with Gasteiger partial charge in [0.1, 0.15) is 0 Å². The number of hydrogen-bond donors (Lipinski definition) is 1. The number of rotatable bonds is 5. The molecule has 1 heterocycles. The summed E-state index contributed by atoms with van der Waals surface area (Å²) in [6.07, 6.45) is 3.81. The Labute approximate surface area is 88.9 Å². The van der Waals surface area contributed by atoms with Crippen LogP contribution in [-0.4, -0.2) is 29.6 Å². The Morgan fingerprint density at radius 3 is 2.87 bits per heavy atom. The fraction of sp³-hybridized carbons (Fsp3) is 0.500. The minimum atomic E-state index is -0.211. The van der Waals surface area contributed by atoms with Gasteiger partial charge in [-0.2, -0.15) is 0 Å². The van der Waals surface area contributed by atoms with Crippen LogP contribution in [0.25, 0.3) is 0 Å². The third kappa shape index (κ3) is 4.51. The topological polar surface area (TPSA) is 64.1 Å². The molecule has 15 heavy (non-hydrogen) atoms. The summed E-state index contributed by atoms with van der Waals surface area (Å²) in [5.74, 6) is -0.211. The standard InChI is InChI=1S/C10H15N3O2/c1-8-5-13-9(7-12-8)6-11-4-3-10(14)15-2/h5,7,11H,3-4,6H2,1-2H3. The van der Waals surface area contributed by atoms with Crippen LogP contribution in [0.3, 0.4) is 0 Å². The first kappa shape index (κ1) is 11.6. The van der Waals surface area contributed by atoms with E-state index in [1.54, 1.807) is 12.4 Å². The van der Waals surface area contributed by atoms with Crippen molar-refractivity contribution in [2.45, 2.75) is 19.9 Å². The summed E-state index contributed by atoms with van der Waals surface area (Å²) in [6.45, 7) is 3.09. The second-order valence-corrected chi connectivity index (χ2v) is 3.15. The normalized spacial score (nSPS) is 10.0. The first-order valence-corrected chi connectivity index (χ1v) is 4.77. The quantitative estimate of drug-likeness (QED) is 0.563. The van der Waals surface area contributed by atoms with Gasteiger partial charge in [0.15, 0.2) is 0 Å². The molecule has 0 fully saturated rings. The fourth-order valence-electron chi connectivity index (χ4n) is 1.02. The average Bonchev–Trinajstić information content (AvgIpc) is 2.26. The van der Waals surface area contributed by atoms with Crippen LogP contribution in [0.5, 0.6) is 0 Å². The van der Waals surface area contributed by atoms with Crippen LogP contribution in [0, 0.1) is 6.92 Å². The van der Waals surface area contributed by atoms with Gasteiger partial charge in [0.2, 0.25) is 0 Å². The summed E-state index contributed by atoms with van der Waals surface area (Å²) in [4.78, 5) is 19.1. The smallest absolute Gasteiger partial charge is 0.306 e. The van der Waals surface area contributed by atoms with Gasteiger partial charge < -0.3 is 10.1 Å². The van der Waals surface area contributed by atoms with E-state index in [9.17, 15) is 4.79 Å². The molecule has 1 rings (SSSR count). The van der Waals surface area contributed by atoms with Gasteiger partial charge in [-0.15, -0.1) is 0 Å². The average molecular weight is 209 g/mol. The molecule has 0 saturated carbocycles. The Hall–Kier alpha value is -1.49. The molecule has 5 nitrogen and oxygen atoms in total. The van der Waals surface area contributed by atoms with Crippen molar-refractivity contribution in [1.82, 2.24) is 15.3 Å². The molecule has 1 aromatic heterocycles. The molecule has 0 aromatic carbocycles.